The van der Waals surface area contributed by atoms with E-state index in [0.717, 1.165) is 0 Å². The fourth-order valence-corrected chi connectivity index (χ4v) is 0.582. The van der Waals surface area contributed by atoms with Gasteiger partial charge in [0.25, 0.3) is 0 Å². The Morgan fingerprint density at radius 1 is 1.58 bits per heavy atom. The van der Waals surface area contributed by atoms with Gasteiger partial charge in [-0.15, -0.1) is 0 Å². The van der Waals surface area contributed by atoms with Crippen molar-refractivity contribution in [3.63, 3.8) is 0 Å². The van der Waals surface area contributed by atoms with Crippen molar-refractivity contribution in [2.45, 2.75) is 12.5 Å². The molecule has 5 heteroatoms. The molecule has 0 bridgehead atoms. The van der Waals surface area contributed by atoms with Gasteiger partial charge in [-0.3, -0.25) is 4.79 Å². The molecule has 0 fully saturated rings. The molecule has 0 radical (unpaired) electrons. The van der Waals surface area contributed by atoms with Gasteiger partial charge in [0.2, 0.25) is 0 Å². The fourth-order valence-electron chi connectivity index (χ4n) is 0.582. The number of aliphatic carboxylic acids is 1. The van der Waals surface area contributed by atoms with Crippen LogP contribution in [0.4, 0.5) is 0 Å². The second kappa shape index (κ2) is 5.35. The number of aliphatic hydroxyl groups excluding tert-OH is 1. The van der Waals surface area contributed by atoms with Crippen LogP contribution in [0.1, 0.15) is 18.8 Å². The summed E-state index contributed by atoms with van der Waals surface area (Å²) in [6.45, 7) is -11.7. The SMILES string of the molecule is [2H]C([2H])([2H])[N+](CC(O)CC(=O)O)(C([2H])([2H])[2H])C([2H])([2H])[2H].[Cl-]. The maximum Gasteiger partial charge on any atom is 0.306 e. The average Bonchev–Trinajstić information content (AvgIpc) is 2.06. The molecular weight excluding hydrogens is 182 g/mol. The van der Waals surface area contributed by atoms with Crippen LogP contribution in [0.3, 0.4) is 0 Å². The second-order valence-corrected chi connectivity index (χ2v) is 2.24. The molecule has 0 rings (SSSR count). The van der Waals surface area contributed by atoms with Gasteiger partial charge in [0.1, 0.15) is 12.6 Å². The van der Waals surface area contributed by atoms with Crippen LogP contribution in [0.15, 0.2) is 0 Å². The fraction of sp³-hybridized carbons (Fsp3) is 0.857. The molecule has 0 saturated carbocycles. The van der Waals surface area contributed by atoms with Crippen LogP contribution in [0.5, 0.6) is 0 Å². The Hall–Kier alpha value is -0.320. The molecule has 0 aliphatic heterocycles. The number of aliphatic hydroxyl groups is 1. The van der Waals surface area contributed by atoms with E-state index in [4.69, 9.17) is 17.4 Å². The van der Waals surface area contributed by atoms with E-state index in [1.807, 2.05) is 0 Å². The summed E-state index contributed by atoms with van der Waals surface area (Å²) in [5.74, 6) is -1.50. The van der Waals surface area contributed by atoms with Gasteiger partial charge in [-0.2, -0.15) is 0 Å². The Bertz CT molecular complexity index is 328. The number of quaternary nitrogens is 1. The van der Waals surface area contributed by atoms with E-state index >= 15 is 0 Å². The highest BCUT2D eigenvalue weighted by atomic mass is 35.5. The lowest BCUT2D eigenvalue weighted by Crippen LogP contribution is -3.00. The maximum atomic E-state index is 10.5. The predicted octanol–water partition coefficient (Wildman–Crippen LogP) is -3.47. The number of carboxylic acid groups (broad SMARTS) is 1. The summed E-state index contributed by atoms with van der Waals surface area (Å²) in [5.41, 5.74) is 0. The van der Waals surface area contributed by atoms with Crippen molar-refractivity contribution in [1.29, 1.82) is 0 Å². The van der Waals surface area contributed by atoms with Crippen LogP contribution in [-0.4, -0.2) is 54.2 Å². The molecule has 0 saturated heterocycles. The third-order valence-electron chi connectivity index (χ3n) is 0.895. The summed E-state index contributed by atoms with van der Waals surface area (Å²) in [5, 5.41) is 18.0. The summed E-state index contributed by atoms with van der Waals surface area (Å²) in [6, 6.07) is 0. The number of rotatable bonds is 4. The standard InChI is InChI=1S/C7H15NO3.ClH/c1-8(2,3)5-6(9)4-7(10)11;/h6,9H,4-5H2,1-3H3;1H/i1D3,2D3,3D3;. The Balaban J connectivity index is 0. The first-order valence-corrected chi connectivity index (χ1v) is 2.84. The second-order valence-electron chi connectivity index (χ2n) is 2.24. The summed E-state index contributed by atoms with van der Waals surface area (Å²) in [6.07, 6.45) is -2.88. The Morgan fingerprint density at radius 3 is 2.42 bits per heavy atom. The topological polar surface area (TPSA) is 57.5 Å². The normalized spacial score (nSPS) is 27.6. The predicted molar refractivity (Wildman–Crippen MR) is 41.2 cm³/mol. The van der Waals surface area contributed by atoms with Gasteiger partial charge in [0.15, 0.2) is 0 Å². The van der Waals surface area contributed by atoms with E-state index in [1.165, 1.54) is 0 Å². The molecule has 4 nitrogen and oxygen atoms in total. The molecule has 2 N–H and O–H groups in total. The average molecular weight is 207 g/mol. The first-order chi connectivity index (χ1) is 8.56. The molecule has 0 aliphatic carbocycles. The minimum atomic E-state index is -3.49. The number of halogens is 1. The Kier molecular flexibility index (Phi) is 1.70. The smallest absolute Gasteiger partial charge is 0.306 e. The minimum absolute atomic E-state index is 0. The first-order valence-electron chi connectivity index (χ1n) is 7.34. The van der Waals surface area contributed by atoms with Crippen LogP contribution in [0, 0.1) is 0 Å². The zero-order valence-electron chi connectivity index (χ0n) is 15.1. The van der Waals surface area contributed by atoms with Crippen LogP contribution in [-0.2, 0) is 4.79 Å². The highest BCUT2D eigenvalue weighted by molar-refractivity contribution is 5.67. The molecule has 0 aromatic heterocycles. The van der Waals surface area contributed by atoms with E-state index in [1.54, 1.807) is 0 Å². The van der Waals surface area contributed by atoms with Crippen molar-refractivity contribution in [1.82, 2.24) is 0 Å². The summed E-state index contributed by atoms with van der Waals surface area (Å²) in [4.78, 5) is 10.5. The van der Waals surface area contributed by atoms with Crippen molar-refractivity contribution in [3.8, 4) is 0 Å². The molecule has 0 aromatic rings. The van der Waals surface area contributed by atoms with E-state index in [-0.39, 0.29) is 12.4 Å². The lowest BCUT2D eigenvalue weighted by atomic mass is 10.2. The van der Waals surface area contributed by atoms with Crippen LogP contribution < -0.4 is 12.4 Å². The quantitative estimate of drug-likeness (QED) is 0.470. The molecular formula is C7H16ClNO3. The van der Waals surface area contributed by atoms with Crippen LogP contribution in [0.25, 0.3) is 0 Å². The molecule has 0 spiro atoms. The van der Waals surface area contributed by atoms with Gasteiger partial charge in [-0.25, -0.2) is 0 Å². The molecule has 12 heavy (non-hydrogen) atoms. The molecule has 0 aliphatic rings. The Morgan fingerprint density at radius 2 is 2.08 bits per heavy atom. The van der Waals surface area contributed by atoms with Crippen molar-refractivity contribution in [2.24, 2.45) is 0 Å². The Labute approximate surface area is 91.4 Å². The van der Waals surface area contributed by atoms with Crippen molar-refractivity contribution in [2.75, 3.05) is 27.5 Å². The number of hydrogen-bond donors (Lipinski definition) is 2. The lowest BCUT2D eigenvalue weighted by molar-refractivity contribution is -0.873. The van der Waals surface area contributed by atoms with Crippen LogP contribution >= 0.6 is 0 Å². The van der Waals surface area contributed by atoms with Crippen LogP contribution in [0.2, 0.25) is 0 Å². The number of hydrogen-bond acceptors (Lipinski definition) is 2. The molecule has 0 amide bonds. The summed E-state index contributed by atoms with van der Waals surface area (Å²) in [7, 11) is 0. The number of nitrogens with zero attached hydrogens (tertiary/aromatic N) is 1. The zero-order valence-corrected chi connectivity index (χ0v) is 6.88. The van der Waals surface area contributed by atoms with E-state index < -0.39 is 50.4 Å². The molecule has 1 unspecified atom stereocenters. The molecule has 1 atom stereocenters. The minimum Gasteiger partial charge on any atom is -1.00 e. The number of carbonyl (C=O) groups is 1. The lowest BCUT2D eigenvalue weighted by Gasteiger charge is -2.25. The molecule has 74 valence electrons. The highest BCUT2D eigenvalue weighted by Crippen LogP contribution is 1.98. The van der Waals surface area contributed by atoms with E-state index in [2.05, 4.69) is 0 Å². The van der Waals surface area contributed by atoms with Gasteiger partial charge in [0, 0.05) is 0 Å². The summed E-state index contributed by atoms with van der Waals surface area (Å²) < 4.78 is 62.9. The largest absolute Gasteiger partial charge is 1.00 e. The van der Waals surface area contributed by atoms with Crippen molar-refractivity contribution < 1.29 is 44.2 Å². The maximum absolute atomic E-state index is 10.5. The highest BCUT2D eigenvalue weighted by Gasteiger charge is 2.17. The van der Waals surface area contributed by atoms with Gasteiger partial charge in [-0.05, 0) is 0 Å². The van der Waals surface area contributed by atoms with E-state index in [0.29, 0.717) is 0 Å². The molecule has 0 heterocycles. The number of carboxylic acids is 1. The van der Waals surface area contributed by atoms with Gasteiger partial charge in [-0.1, -0.05) is 0 Å². The van der Waals surface area contributed by atoms with Gasteiger partial charge < -0.3 is 27.1 Å². The first kappa shape index (κ1) is 3.82. The van der Waals surface area contributed by atoms with Gasteiger partial charge >= 0.3 is 5.97 Å². The third-order valence-corrected chi connectivity index (χ3v) is 0.895. The third kappa shape index (κ3) is 9.68. The monoisotopic (exact) mass is 206 g/mol. The number of likely N-dealkylation sites (N-methyl/N-ethyl adjacent to an activating group) is 1. The van der Waals surface area contributed by atoms with Gasteiger partial charge in [0.05, 0.1) is 39.7 Å². The van der Waals surface area contributed by atoms with E-state index in [9.17, 15) is 9.90 Å². The van der Waals surface area contributed by atoms with Crippen molar-refractivity contribution >= 4 is 5.97 Å². The summed E-state index contributed by atoms with van der Waals surface area (Å²) >= 11 is 0. The van der Waals surface area contributed by atoms with Crippen molar-refractivity contribution in [3.05, 3.63) is 0 Å². The molecule has 0 aromatic carbocycles. The zero-order chi connectivity index (χ0) is 16.6.